The molecule has 0 aliphatic heterocycles. The highest BCUT2D eigenvalue weighted by Crippen LogP contribution is 2.19. The standard InChI is InChI=1S/C7H5BrN2O/c8-6-2-1-5(4-9)7(3-6)10-11/h1-3,10-11H. The van der Waals surface area contributed by atoms with Crippen LogP contribution in [-0.4, -0.2) is 5.21 Å². The zero-order valence-corrected chi connectivity index (χ0v) is 7.09. The maximum atomic E-state index is 8.55. The molecule has 1 aromatic carbocycles. The lowest BCUT2D eigenvalue weighted by atomic mass is 10.2. The van der Waals surface area contributed by atoms with Crippen molar-refractivity contribution in [3.05, 3.63) is 28.2 Å². The Morgan fingerprint density at radius 1 is 1.55 bits per heavy atom. The predicted octanol–water partition coefficient (Wildman–Crippen LogP) is 2.12. The van der Waals surface area contributed by atoms with E-state index >= 15 is 0 Å². The maximum absolute atomic E-state index is 8.55. The molecule has 56 valence electrons. The molecule has 0 aliphatic carbocycles. The van der Waals surface area contributed by atoms with E-state index in [2.05, 4.69) is 15.9 Å². The van der Waals surface area contributed by atoms with Crippen LogP contribution >= 0.6 is 15.9 Å². The Morgan fingerprint density at radius 3 is 2.82 bits per heavy atom. The lowest BCUT2D eigenvalue weighted by Gasteiger charge is -2.00. The minimum absolute atomic E-state index is 0.405. The van der Waals surface area contributed by atoms with Crippen molar-refractivity contribution in [2.24, 2.45) is 0 Å². The Kier molecular flexibility index (Phi) is 2.47. The van der Waals surface area contributed by atoms with Gasteiger partial charge in [0.15, 0.2) is 0 Å². The smallest absolute Gasteiger partial charge is 0.101 e. The van der Waals surface area contributed by atoms with Gasteiger partial charge in [0.05, 0.1) is 11.3 Å². The van der Waals surface area contributed by atoms with Crippen molar-refractivity contribution < 1.29 is 5.21 Å². The summed E-state index contributed by atoms with van der Waals surface area (Å²) in [6.45, 7) is 0. The first kappa shape index (κ1) is 8.05. The number of nitriles is 1. The van der Waals surface area contributed by atoms with Crippen LogP contribution in [0.2, 0.25) is 0 Å². The monoisotopic (exact) mass is 212 g/mol. The molecule has 0 amide bonds. The second-order valence-electron chi connectivity index (χ2n) is 1.91. The summed E-state index contributed by atoms with van der Waals surface area (Å²) in [6, 6.07) is 6.90. The van der Waals surface area contributed by atoms with E-state index in [-0.39, 0.29) is 0 Å². The fourth-order valence-electron chi connectivity index (χ4n) is 0.706. The molecule has 0 aliphatic rings. The van der Waals surface area contributed by atoms with E-state index < -0.39 is 0 Å². The van der Waals surface area contributed by atoms with Gasteiger partial charge in [-0.3, -0.25) is 10.7 Å². The second-order valence-corrected chi connectivity index (χ2v) is 2.83. The minimum Gasteiger partial charge on any atom is -0.291 e. The van der Waals surface area contributed by atoms with E-state index in [1.807, 2.05) is 11.5 Å². The Hall–Kier alpha value is -1.05. The normalized spacial score (nSPS) is 8.82. The third-order valence-electron chi connectivity index (χ3n) is 1.22. The molecule has 11 heavy (non-hydrogen) atoms. The Morgan fingerprint density at radius 2 is 2.27 bits per heavy atom. The average Bonchev–Trinajstić information content (AvgIpc) is 2.04. The summed E-state index contributed by atoms with van der Waals surface area (Å²) in [6.07, 6.45) is 0. The van der Waals surface area contributed by atoms with Gasteiger partial charge in [-0.25, -0.2) is 0 Å². The van der Waals surface area contributed by atoms with Crippen LogP contribution in [0.25, 0.3) is 0 Å². The molecular weight excluding hydrogens is 208 g/mol. The van der Waals surface area contributed by atoms with Gasteiger partial charge in [-0.15, -0.1) is 0 Å². The van der Waals surface area contributed by atoms with Gasteiger partial charge in [0.2, 0.25) is 0 Å². The first-order chi connectivity index (χ1) is 5.27. The third kappa shape index (κ3) is 1.70. The van der Waals surface area contributed by atoms with Gasteiger partial charge in [-0.1, -0.05) is 15.9 Å². The van der Waals surface area contributed by atoms with Crippen LogP contribution in [0.3, 0.4) is 0 Å². The molecule has 2 N–H and O–H groups in total. The predicted molar refractivity (Wildman–Crippen MR) is 44.3 cm³/mol. The Bertz CT molecular complexity index is 306. The quantitative estimate of drug-likeness (QED) is 0.702. The van der Waals surface area contributed by atoms with Crippen molar-refractivity contribution in [2.75, 3.05) is 5.48 Å². The number of hydrogen-bond donors (Lipinski definition) is 2. The van der Waals surface area contributed by atoms with Crippen LogP contribution in [0.5, 0.6) is 0 Å². The lowest BCUT2D eigenvalue weighted by Crippen LogP contribution is -1.92. The number of halogens is 1. The van der Waals surface area contributed by atoms with E-state index in [4.69, 9.17) is 10.5 Å². The largest absolute Gasteiger partial charge is 0.291 e. The number of anilines is 1. The molecule has 1 rings (SSSR count). The molecule has 0 saturated heterocycles. The first-order valence-corrected chi connectivity index (χ1v) is 3.67. The highest BCUT2D eigenvalue weighted by Gasteiger charge is 1.99. The summed E-state index contributed by atoms with van der Waals surface area (Å²) in [5, 5.41) is 17.1. The van der Waals surface area contributed by atoms with Crippen LogP contribution in [-0.2, 0) is 0 Å². The van der Waals surface area contributed by atoms with Gasteiger partial charge in [0.25, 0.3) is 0 Å². The molecule has 0 bridgehead atoms. The van der Waals surface area contributed by atoms with Crippen LogP contribution in [0.15, 0.2) is 22.7 Å². The van der Waals surface area contributed by atoms with Crippen LogP contribution in [0.1, 0.15) is 5.56 Å². The molecule has 0 saturated carbocycles. The van der Waals surface area contributed by atoms with Crippen LogP contribution < -0.4 is 5.48 Å². The minimum atomic E-state index is 0.405. The topological polar surface area (TPSA) is 56.0 Å². The number of benzene rings is 1. The van der Waals surface area contributed by atoms with Gasteiger partial charge < -0.3 is 0 Å². The molecule has 0 heterocycles. The van der Waals surface area contributed by atoms with Gasteiger partial charge in [-0.2, -0.15) is 5.26 Å². The highest BCUT2D eigenvalue weighted by molar-refractivity contribution is 9.10. The van der Waals surface area contributed by atoms with Gasteiger partial charge in [0.1, 0.15) is 6.07 Å². The van der Waals surface area contributed by atoms with E-state index in [1.54, 1.807) is 18.2 Å². The Balaban J connectivity index is 3.19. The van der Waals surface area contributed by atoms with Crippen molar-refractivity contribution in [3.8, 4) is 6.07 Å². The Labute approximate surface area is 72.4 Å². The zero-order chi connectivity index (χ0) is 8.27. The summed E-state index contributed by atoms with van der Waals surface area (Å²) in [4.78, 5) is 0. The van der Waals surface area contributed by atoms with E-state index in [0.717, 1.165) is 4.47 Å². The van der Waals surface area contributed by atoms with Crippen molar-refractivity contribution in [3.63, 3.8) is 0 Å². The fraction of sp³-hybridized carbons (Fsp3) is 0. The highest BCUT2D eigenvalue weighted by atomic mass is 79.9. The fourth-order valence-corrected chi connectivity index (χ4v) is 1.07. The molecule has 0 fully saturated rings. The third-order valence-corrected chi connectivity index (χ3v) is 1.72. The van der Waals surface area contributed by atoms with Gasteiger partial charge >= 0.3 is 0 Å². The summed E-state index contributed by atoms with van der Waals surface area (Å²) in [7, 11) is 0. The van der Waals surface area contributed by atoms with Crippen molar-refractivity contribution in [1.29, 1.82) is 5.26 Å². The van der Waals surface area contributed by atoms with Gasteiger partial charge in [0, 0.05) is 4.47 Å². The van der Waals surface area contributed by atoms with E-state index in [1.165, 1.54) is 0 Å². The summed E-state index contributed by atoms with van der Waals surface area (Å²) in [5.41, 5.74) is 2.75. The van der Waals surface area contributed by atoms with E-state index in [0.29, 0.717) is 11.3 Å². The average molecular weight is 213 g/mol. The van der Waals surface area contributed by atoms with E-state index in [9.17, 15) is 0 Å². The second kappa shape index (κ2) is 3.37. The molecule has 1 aromatic rings. The molecule has 4 heteroatoms. The van der Waals surface area contributed by atoms with Crippen LogP contribution in [0, 0.1) is 11.3 Å². The molecule has 0 aromatic heterocycles. The molecule has 0 atom stereocenters. The SMILES string of the molecule is N#Cc1ccc(Br)cc1NO. The zero-order valence-electron chi connectivity index (χ0n) is 5.50. The summed E-state index contributed by atoms with van der Waals surface area (Å²) >= 11 is 3.21. The lowest BCUT2D eigenvalue weighted by molar-refractivity contribution is 0.388. The molecule has 0 radical (unpaired) electrons. The number of hydrogen-bond acceptors (Lipinski definition) is 3. The van der Waals surface area contributed by atoms with Crippen molar-refractivity contribution >= 4 is 21.6 Å². The summed E-state index contributed by atoms with van der Waals surface area (Å²) in [5.74, 6) is 0. The van der Waals surface area contributed by atoms with Crippen LogP contribution in [0.4, 0.5) is 5.69 Å². The number of rotatable bonds is 1. The molecule has 3 nitrogen and oxygen atoms in total. The summed E-state index contributed by atoms with van der Waals surface area (Å²) < 4.78 is 0.813. The van der Waals surface area contributed by atoms with Gasteiger partial charge in [-0.05, 0) is 18.2 Å². The maximum Gasteiger partial charge on any atom is 0.101 e. The number of nitrogens with zero attached hydrogens (tertiary/aromatic N) is 1. The first-order valence-electron chi connectivity index (χ1n) is 2.87. The molecular formula is C7H5BrN2O. The van der Waals surface area contributed by atoms with Crippen molar-refractivity contribution in [2.45, 2.75) is 0 Å². The van der Waals surface area contributed by atoms with Crippen molar-refractivity contribution in [1.82, 2.24) is 0 Å². The molecule has 0 unspecified atom stereocenters. The number of nitrogens with one attached hydrogen (secondary N) is 1. The molecule has 0 spiro atoms.